The lowest BCUT2D eigenvalue weighted by molar-refractivity contribution is 0.0663. The van der Waals surface area contributed by atoms with E-state index in [1.807, 2.05) is 0 Å². The fourth-order valence-electron chi connectivity index (χ4n) is 2.64. The van der Waals surface area contributed by atoms with E-state index in [-0.39, 0.29) is 11.5 Å². The average molecular weight is 264 g/mol. The van der Waals surface area contributed by atoms with Gasteiger partial charge in [0.05, 0.1) is 5.56 Å². The lowest BCUT2D eigenvalue weighted by Gasteiger charge is -2.34. The highest BCUT2D eigenvalue weighted by atomic mass is 19.1. The number of piperidine rings is 1. The summed E-state index contributed by atoms with van der Waals surface area (Å²) in [6.07, 6.45) is 2.00. The number of carbonyl (C=O) groups excluding carboxylic acids is 1. The number of amides is 1. The molecule has 0 radical (unpaired) electrons. The van der Waals surface area contributed by atoms with Crippen LogP contribution in [0.15, 0.2) is 18.2 Å². The molecule has 104 valence electrons. The summed E-state index contributed by atoms with van der Waals surface area (Å²) in [4.78, 5) is 14.0. The van der Waals surface area contributed by atoms with Crippen molar-refractivity contribution in [2.24, 2.45) is 11.8 Å². The maximum atomic E-state index is 13.7. The lowest BCUT2D eigenvalue weighted by Crippen LogP contribution is -2.39. The summed E-state index contributed by atoms with van der Waals surface area (Å²) in [5.74, 6) is 0.557. The van der Waals surface area contributed by atoms with Crippen molar-refractivity contribution in [3.8, 4) is 0 Å². The third kappa shape index (κ3) is 3.06. The van der Waals surface area contributed by atoms with Gasteiger partial charge in [-0.25, -0.2) is 4.39 Å². The number of anilines is 1. The fraction of sp³-hybridized carbons (Fsp3) is 0.533. The van der Waals surface area contributed by atoms with Crippen LogP contribution in [0.4, 0.5) is 10.1 Å². The molecule has 1 fully saturated rings. The Kier molecular flexibility index (Phi) is 4.08. The van der Waals surface area contributed by atoms with Gasteiger partial charge in [0.1, 0.15) is 5.82 Å². The molecule has 1 heterocycles. The molecule has 0 saturated carbocycles. The summed E-state index contributed by atoms with van der Waals surface area (Å²) in [7, 11) is 0. The number of likely N-dealkylation sites (tertiary alicyclic amines) is 1. The van der Waals surface area contributed by atoms with E-state index in [4.69, 9.17) is 5.73 Å². The second-order valence-electron chi connectivity index (χ2n) is 5.61. The van der Waals surface area contributed by atoms with Gasteiger partial charge in [0, 0.05) is 18.8 Å². The van der Waals surface area contributed by atoms with Crippen LogP contribution in [0.2, 0.25) is 0 Å². The van der Waals surface area contributed by atoms with Crippen molar-refractivity contribution >= 4 is 11.6 Å². The van der Waals surface area contributed by atoms with Gasteiger partial charge < -0.3 is 10.6 Å². The van der Waals surface area contributed by atoms with Gasteiger partial charge in [-0.3, -0.25) is 4.79 Å². The molecule has 2 rings (SSSR count). The Bertz CT molecular complexity index is 465. The van der Waals surface area contributed by atoms with Crippen molar-refractivity contribution in [3.05, 3.63) is 29.6 Å². The summed E-state index contributed by atoms with van der Waals surface area (Å²) in [6.45, 7) is 5.85. The number of hydrogen-bond donors (Lipinski definition) is 1. The molecule has 0 aromatic heterocycles. The van der Waals surface area contributed by atoms with E-state index >= 15 is 0 Å². The molecule has 1 aliphatic heterocycles. The van der Waals surface area contributed by atoms with Crippen molar-refractivity contribution in [2.75, 3.05) is 18.8 Å². The Hall–Kier alpha value is -1.58. The zero-order chi connectivity index (χ0) is 14.0. The Morgan fingerprint density at radius 1 is 1.37 bits per heavy atom. The van der Waals surface area contributed by atoms with E-state index in [0.29, 0.717) is 30.6 Å². The van der Waals surface area contributed by atoms with Crippen LogP contribution in [0.3, 0.4) is 0 Å². The number of nitrogen functional groups attached to an aromatic ring is 1. The van der Waals surface area contributed by atoms with Crippen molar-refractivity contribution in [2.45, 2.75) is 26.7 Å². The van der Waals surface area contributed by atoms with Gasteiger partial charge in [0.2, 0.25) is 0 Å². The van der Waals surface area contributed by atoms with E-state index < -0.39 is 5.82 Å². The minimum atomic E-state index is -0.531. The number of benzene rings is 1. The molecule has 1 aliphatic rings. The van der Waals surface area contributed by atoms with Crippen LogP contribution in [-0.4, -0.2) is 23.9 Å². The zero-order valence-electron chi connectivity index (χ0n) is 11.5. The number of halogens is 1. The van der Waals surface area contributed by atoms with Crippen LogP contribution in [0.1, 0.15) is 37.0 Å². The third-order valence-corrected chi connectivity index (χ3v) is 3.99. The SMILES string of the molecule is CC(C)C1CCN(C(=O)c2ccc(N)cc2F)CC1. The Balaban J connectivity index is 2.05. The second-order valence-corrected chi connectivity index (χ2v) is 5.61. The quantitative estimate of drug-likeness (QED) is 0.835. The van der Waals surface area contributed by atoms with Crippen molar-refractivity contribution in [1.82, 2.24) is 4.90 Å². The molecule has 0 unspecified atom stereocenters. The Morgan fingerprint density at radius 3 is 2.53 bits per heavy atom. The van der Waals surface area contributed by atoms with E-state index in [0.717, 1.165) is 12.8 Å². The van der Waals surface area contributed by atoms with E-state index in [2.05, 4.69) is 13.8 Å². The number of hydrogen-bond acceptors (Lipinski definition) is 2. The lowest BCUT2D eigenvalue weighted by atomic mass is 9.86. The van der Waals surface area contributed by atoms with Crippen molar-refractivity contribution in [3.63, 3.8) is 0 Å². The van der Waals surface area contributed by atoms with Gasteiger partial charge in [-0.05, 0) is 42.9 Å². The van der Waals surface area contributed by atoms with Crippen molar-refractivity contribution in [1.29, 1.82) is 0 Å². The van der Waals surface area contributed by atoms with Gasteiger partial charge in [0.25, 0.3) is 5.91 Å². The highest BCUT2D eigenvalue weighted by molar-refractivity contribution is 5.94. The molecule has 0 bridgehead atoms. The smallest absolute Gasteiger partial charge is 0.256 e. The van der Waals surface area contributed by atoms with Gasteiger partial charge >= 0.3 is 0 Å². The molecular weight excluding hydrogens is 243 g/mol. The van der Waals surface area contributed by atoms with E-state index in [1.54, 1.807) is 11.0 Å². The maximum absolute atomic E-state index is 13.7. The molecule has 2 N–H and O–H groups in total. The molecule has 19 heavy (non-hydrogen) atoms. The maximum Gasteiger partial charge on any atom is 0.256 e. The minimum absolute atomic E-state index is 0.122. The number of nitrogens with zero attached hydrogens (tertiary/aromatic N) is 1. The van der Waals surface area contributed by atoms with Crippen LogP contribution in [0, 0.1) is 17.7 Å². The molecule has 1 aromatic rings. The molecule has 3 nitrogen and oxygen atoms in total. The zero-order valence-corrected chi connectivity index (χ0v) is 11.5. The van der Waals surface area contributed by atoms with Crippen LogP contribution >= 0.6 is 0 Å². The summed E-state index contributed by atoms with van der Waals surface area (Å²) >= 11 is 0. The molecule has 0 atom stereocenters. The predicted octanol–water partition coefficient (Wildman–Crippen LogP) is 2.92. The van der Waals surface area contributed by atoms with Crippen LogP contribution in [-0.2, 0) is 0 Å². The summed E-state index contributed by atoms with van der Waals surface area (Å²) < 4.78 is 13.7. The monoisotopic (exact) mass is 264 g/mol. The normalized spacial score (nSPS) is 16.9. The third-order valence-electron chi connectivity index (χ3n) is 3.99. The van der Waals surface area contributed by atoms with Gasteiger partial charge in [-0.2, -0.15) is 0 Å². The highest BCUT2D eigenvalue weighted by Crippen LogP contribution is 2.25. The molecule has 4 heteroatoms. The molecule has 0 aliphatic carbocycles. The summed E-state index contributed by atoms with van der Waals surface area (Å²) in [5.41, 5.74) is 5.96. The first-order valence-corrected chi connectivity index (χ1v) is 6.83. The number of rotatable bonds is 2. The van der Waals surface area contributed by atoms with Crippen molar-refractivity contribution < 1.29 is 9.18 Å². The Morgan fingerprint density at radius 2 is 2.00 bits per heavy atom. The fourth-order valence-corrected chi connectivity index (χ4v) is 2.64. The van der Waals surface area contributed by atoms with E-state index in [1.165, 1.54) is 12.1 Å². The predicted molar refractivity (Wildman–Crippen MR) is 74.3 cm³/mol. The van der Waals surface area contributed by atoms with Crippen LogP contribution in [0.25, 0.3) is 0 Å². The first-order valence-electron chi connectivity index (χ1n) is 6.83. The van der Waals surface area contributed by atoms with Crippen LogP contribution in [0.5, 0.6) is 0 Å². The summed E-state index contributed by atoms with van der Waals surface area (Å²) in [5, 5.41) is 0. The van der Waals surface area contributed by atoms with Crippen LogP contribution < -0.4 is 5.73 Å². The molecule has 1 saturated heterocycles. The molecule has 1 amide bonds. The van der Waals surface area contributed by atoms with Gasteiger partial charge in [-0.15, -0.1) is 0 Å². The topological polar surface area (TPSA) is 46.3 Å². The minimum Gasteiger partial charge on any atom is -0.399 e. The van der Waals surface area contributed by atoms with Gasteiger partial charge in [0.15, 0.2) is 0 Å². The average Bonchev–Trinajstić information content (AvgIpc) is 2.38. The number of carbonyl (C=O) groups is 1. The molecular formula is C15H21FN2O. The summed E-state index contributed by atoms with van der Waals surface area (Å²) in [6, 6.07) is 4.24. The second kappa shape index (κ2) is 5.59. The van der Waals surface area contributed by atoms with E-state index in [9.17, 15) is 9.18 Å². The first kappa shape index (κ1) is 13.8. The first-order chi connectivity index (χ1) is 8.99. The standard InChI is InChI=1S/C15H21FN2O/c1-10(2)11-5-7-18(8-6-11)15(19)13-4-3-12(17)9-14(13)16/h3-4,9-11H,5-8,17H2,1-2H3. The highest BCUT2D eigenvalue weighted by Gasteiger charge is 2.26. The number of nitrogens with two attached hydrogens (primary N) is 1. The largest absolute Gasteiger partial charge is 0.399 e. The van der Waals surface area contributed by atoms with Gasteiger partial charge in [-0.1, -0.05) is 13.8 Å². The Labute approximate surface area is 113 Å². The molecule has 0 spiro atoms. The molecule has 1 aromatic carbocycles.